The Bertz CT molecular complexity index is 260. The van der Waals surface area contributed by atoms with Crippen LogP contribution in [0.3, 0.4) is 0 Å². The molecule has 0 aromatic carbocycles. The molecule has 1 aliphatic carbocycles. The normalized spacial score (nSPS) is 20.2. The lowest BCUT2D eigenvalue weighted by Crippen LogP contribution is -2.26. The van der Waals surface area contributed by atoms with Crippen LogP contribution in [0.25, 0.3) is 0 Å². The lowest BCUT2D eigenvalue weighted by atomic mass is 10.2. The zero-order valence-corrected chi connectivity index (χ0v) is 6.75. The second-order valence-corrected chi connectivity index (χ2v) is 3.49. The third kappa shape index (κ3) is 1.28. The van der Waals surface area contributed by atoms with E-state index in [4.69, 9.17) is 5.73 Å². The van der Waals surface area contributed by atoms with Crippen molar-refractivity contribution in [3.05, 3.63) is 18.2 Å². The first kappa shape index (κ1) is 6.85. The molecule has 1 heterocycles. The Morgan fingerprint density at radius 2 is 2.45 bits per heavy atom. The Hall–Kier alpha value is -0.830. The molecule has 0 aliphatic heterocycles. The van der Waals surface area contributed by atoms with Crippen molar-refractivity contribution in [2.24, 2.45) is 12.8 Å². The third-order valence-electron chi connectivity index (χ3n) is 2.32. The van der Waals surface area contributed by atoms with Gasteiger partial charge in [-0.2, -0.15) is 0 Å². The van der Waals surface area contributed by atoms with Gasteiger partial charge in [-0.15, -0.1) is 0 Å². The van der Waals surface area contributed by atoms with Gasteiger partial charge in [0, 0.05) is 31.4 Å². The minimum Gasteiger partial charge on any atom is -0.338 e. The molecule has 1 aromatic heterocycles. The molecule has 1 fully saturated rings. The van der Waals surface area contributed by atoms with Gasteiger partial charge in [-0.05, 0) is 12.8 Å². The van der Waals surface area contributed by atoms with Crippen molar-refractivity contribution in [1.82, 2.24) is 9.55 Å². The van der Waals surface area contributed by atoms with Gasteiger partial charge in [-0.3, -0.25) is 0 Å². The third-order valence-corrected chi connectivity index (χ3v) is 2.32. The van der Waals surface area contributed by atoms with Crippen LogP contribution >= 0.6 is 0 Å². The highest BCUT2D eigenvalue weighted by Crippen LogP contribution is 2.34. The molecule has 60 valence electrons. The highest BCUT2D eigenvalue weighted by molar-refractivity contribution is 5.07. The van der Waals surface area contributed by atoms with E-state index < -0.39 is 0 Å². The molecule has 0 saturated heterocycles. The van der Waals surface area contributed by atoms with E-state index in [1.807, 2.05) is 24.0 Å². The number of aryl methyl sites for hydroxylation is 1. The topological polar surface area (TPSA) is 43.8 Å². The summed E-state index contributed by atoms with van der Waals surface area (Å²) in [6.07, 6.45) is 7.01. The summed E-state index contributed by atoms with van der Waals surface area (Å²) in [5.41, 5.74) is 6.04. The van der Waals surface area contributed by atoms with Crippen LogP contribution in [0.5, 0.6) is 0 Å². The summed E-state index contributed by atoms with van der Waals surface area (Å²) in [4.78, 5) is 4.22. The Morgan fingerprint density at radius 3 is 2.91 bits per heavy atom. The minimum atomic E-state index is 0.0825. The number of rotatable bonds is 2. The highest BCUT2D eigenvalue weighted by atomic mass is 15.0. The van der Waals surface area contributed by atoms with Gasteiger partial charge in [0.25, 0.3) is 0 Å². The maximum Gasteiger partial charge on any atom is 0.110 e. The largest absolute Gasteiger partial charge is 0.338 e. The summed E-state index contributed by atoms with van der Waals surface area (Å²) in [6, 6.07) is 0. The van der Waals surface area contributed by atoms with Crippen molar-refractivity contribution in [3.63, 3.8) is 0 Å². The molecular weight excluding hydrogens is 138 g/mol. The zero-order chi connectivity index (χ0) is 7.90. The van der Waals surface area contributed by atoms with Gasteiger partial charge < -0.3 is 10.3 Å². The summed E-state index contributed by atoms with van der Waals surface area (Å²) >= 11 is 0. The Kier molecular flexibility index (Phi) is 1.29. The number of hydrogen-bond donors (Lipinski definition) is 1. The second kappa shape index (κ2) is 2.08. The molecular formula is C8H13N3. The fraction of sp³-hybridized carbons (Fsp3) is 0.625. The van der Waals surface area contributed by atoms with E-state index in [-0.39, 0.29) is 5.54 Å². The van der Waals surface area contributed by atoms with E-state index in [9.17, 15) is 0 Å². The SMILES string of the molecule is Cn1ccnc1CC1(N)CC1. The van der Waals surface area contributed by atoms with Gasteiger partial charge in [-0.25, -0.2) is 4.98 Å². The summed E-state index contributed by atoms with van der Waals surface area (Å²) in [5, 5.41) is 0. The van der Waals surface area contributed by atoms with Crippen molar-refractivity contribution in [1.29, 1.82) is 0 Å². The van der Waals surface area contributed by atoms with Crippen LogP contribution < -0.4 is 5.73 Å². The molecule has 0 amide bonds. The zero-order valence-electron chi connectivity index (χ0n) is 6.75. The first-order chi connectivity index (χ1) is 5.20. The fourth-order valence-electron chi connectivity index (χ4n) is 1.22. The van der Waals surface area contributed by atoms with E-state index in [0.29, 0.717) is 0 Å². The summed E-state index contributed by atoms with van der Waals surface area (Å²) in [5.74, 6) is 1.10. The number of imidazole rings is 1. The lowest BCUT2D eigenvalue weighted by molar-refractivity contribution is 0.622. The van der Waals surface area contributed by atoms with Gasteiger partial charge in [0.1, 0.15) is 5.82 Å². The van der Waals surface area contributed by atoms with Crippen LogP contribution in [0.15, 0.2) is 12.4 Å². The van der Waals surface area contributed by atoms with Crippen molar-refractivity contribution in [3.8, 4) is 0 Å². The molecule has 2 rings (SSSR count). The minimum absolute atomic E-state index is 0.0825. The molecule has 1 aliphatic rings. The molecule has 3 nitrogen and oxygen atoms in total. The number of nitrogens with zero attached hydrogens (tertiary/aromatic N) is 2. The molecule has 3 heteroatoms. The van der Waals surface area contributed by atoms with Gasteiger partial charge in [0.2, 0.25) is 0 Å². The van der Waals surface area contributed by atoms with E-state index in [0.717, 1.165) is 25.1 Å². The molecule has 0 radical (unpaired) electrons. The monoisotopic (exact) mass is 151 g/mol. The molecule has 0 unspecified atom stereocenters. The van der Waals surface area contributed by atoms with Crippen LogP contribution in [-0.4, -0.2) is 15.1 Å². The second-order valence-electron chi connectivity index (χ2n) is 3.49. The molecule has 2 N–H and O–H groups in total. The summed E-state index contributed by atoms with van der Waals surface area (Å²) in [6.45, 7) is 0. The average Bonchev–Trinajstić information content (AvgIpc) is 2.54. The maximum absolute atomic E-state index is 5.95. The standard InChI is InChI=1S/C8H13N3/c1-11-5-4-10-7(11)6-8(9)2-3-8/h4-5H,2-3,6,9H2,1H3. The number of aromatic nitrogens is 2. The van der Waals surface area contributed by atoms with E-state index >= 15 is 0 Å². The highest BCUT2D eigenvalue weighted by Gasteiger charge is 2.39. The molecule has 11 heavy (non-hydrogen) atoms. The number of nitrogens with two attached hydrogens (primary N) is 1. The van der Waals surface area contributed by atoms with Crippen molar-refractivity contribution in [2.75, 3.05) is 0 Å². The van der Waals surface area contributed by atoms with Crippen LogP contribution in [0, 0.1) is 0 Å². The van der Waals surface area contributed by atoms with E-state index in [1.165, 1.54) is 0 Å². The smallest absolute Gasteiger partial charge is 0.110 e. The molecule has 0 bridgehead atoms. The molecule has 0 atom stereocenters. The van der Waals surface area contributed by atoms with Gasteiger partial charge in [0.05, 0.1) is 0 Å². The maximum atomic E-state index is 5.95. The Labute approximate surface area is 66.2 Å². The van der Waals surface area contributed by atoms with Crippen LogP contribution in [0.1, 0.15) is 18.7 Å². The van der Waals surface area contributed by atoms with Gasteiger partial charge in [-0.1, -0.05) is 0 Å². The first-order valence-corrected chi connectivity index (χ1v) is 3.95. The fourth-order valence-corrected chi connectivity index (χ4v) is 1.22. The van der Waals surface area contributed by atoms with Crippen LogP contribution in [0.2, 0.25) is 0 Å². The Balaban J connectivity index is 2.12. The quantitative estimate of drug-likeness (QED) is 0.667. The van der Waals surface area contributed by atoms with E-state index in [2.05, 4.69) is 4.98 Å². The van der Waals surface area contributed by atoms with Crippen molar-refractivity contribution >= 4 is 0 Å². The average molecular weight is 151 g/mol. The van der Waals surface area contributed by atoms with Crippen molar-refractivity contribution in [2.45, 2.75) is 24.8 Å². The summed E-state index contributed by atoms with van der Waals surface area (Å²) in [7, 11) is 2.01. The predicted molar refractivity (Wildman–Crippen MR) is 43.1 cm³/mol. The summed E-state index contributed by atoms with van der Waals surface area (Å²) < 4.78 is 2.03. The molecule has 1 aromatic rings. The predicted octanol–water partition coefficient (Wildman–Crippen LogP) is 0.454. The van der Waals surface area contributed by atoms with Crippen LogP contribution in [-0.2, 0) is 13.5 Å². The van der Waals surface area contributed by atoms with Crippen molar-refractivity contribution < 1.29 is 0 Å². The molecule has 1 saturated carbocycles. The van der Waals surface area contributed by atoms with E-state index in [1.54, 1.807) is 0 Å². The van der Waals surface area contributed by atoms with Gasteiger partial charge >= 0.3 is 0 Å². The number of hydrogen-bond acceptors (Lipinski definition) is 2. The first-order valence-electron chi connectivity index (χ1n) is 3.95. The molecule has 0 spiro atoms. The van der Waals surface area contributed by atoms with Crippen LogP contribution in [0.4, 0.5) is 0 Å². The Morgan fingerprint density at radius 1 is 1.73 bits per heavy atom. The van der Waals surface area contributed by atoms with Gasteiger partial charge in [0.15, 0.2) is 0 Å². The lowest BCUT2D eigenvalue weighted by Gasteiger charge is -2.06.